The van der Waals surface area contributed by atoms with Crippen molar-refractivity contribution in [1.82, 2.24) is 0 Å². The van der Waals surface area contributed by atoms with Gasteiger partial charge < -0.3 is 14.2 Å². The third-order valence-electron chi connectivity index (χ3n) is 6.84. The van der Waals surface area contributed by atoms with Gasteiger partial charge in [0.1, 0.15) is 19.4 Å². The molecule has 5 nitrogen and oxygen atoms in total. The Hall–Kier alpha value is -2.70. The summed E-state index contributed by atoms with van der Waals surface area (Å²) in [5.74, 6) is -0.457. The first-order valence-electron chi connectivity index (χ1n) is 10.6. The minimum absolute atomic E-state index is 0.0846. The van der Waals surface area contributed by atoms with Crippen LogP contribution in [0.3, 0.4) is 0 Å². The molecule has 1 saturated heterocycles. The number of esters is 2. The van der Waals surface area contributed by atoms with Crippen LogP contribution in [0.15, 0.2) is 72.0 Å². The Labute approximate surface area is 184 Å². The summed E-state index contributed by atoms with van der Waals surface area (Å²) in [6.45, 7) is 5.78. The fraction of sp³-hybridized carbons (Fsp3) is 0.360. The van der Waals surface area contributed by atoms with Crippen molar-refractivity contribution >= 4 is 30.4 Å². The number of ether oxygens (including phenoxy) is 3. The average molecular weight is 437 g/mol. The second-order valence-electron chi connectivity index (χ2n) is 8.67. The van der Waals surface area contributed by atoms with E-state index < -0.39 is 31.3 Å². The monoisotopic (exact) mass is 436 g/mol. The highest BCUT2D eigenvalue weighted by Gasteiger charge is 2.63. The molecule has 2 aliphatic rings. The van der Waals surface area contributed by atoms with Crippen LogP contribution in [0.5, 0.6) is 0 Å². The van der Waals surface area contributed by atoms with Gasteiger partial charge in [-0.3, -0.25) is 4.79 Å². The Morgan fingerprint density at radius 2 is 1.58 bits per heavy atom. The van der Waals surface area contributed by atoms with Crippen molar-refractivity contribution in [2.75, 3.05) is 7.11 Å². The summed E-state index contributed by atoms with van der Waals surface area (Å²) < 4.78 is 17.5. The molecular weight excluding hydrogens is 408 g/mol. The molecule has 4 rings (SSSR count). The van der Waals surface area contributed by atoms with Crippen molar-refractivity contribution in [2.45, 2.75) is 44.6 Å². The second kappa shape index (κ2) is 8.09. The number of carbonyl (C=O) groups excluding carboxylic acids is 2. The summed E-state index contributed by atoms with van der Waals surface area (Å²) in [6, 6.07) is 20.9. The van der Waals surface area contributed by atoms with Gasteiger partial charge in [-0.25, -0.2) is 4.79 Å². The Morgan fingerprint density at radius 3 is 2.06 bits per heavy atom. The zero-order valence-electron chi connectivity index (χ0n) is 18.4. The molecule has 0 aromatic heterocycles. The smallest absolute Gasteiger partial charge is 0.339 e. The molecule has 2 aromatic rings. The van der Waals surface area contributed by atoms with E-state index in [9.17, 15) is 9.59 Å². The fourth-order valence-electron chi connectivity index (χ4n) is 5.34. The van der Waals surface area contributed by atoms with Gasteiger partial charge in [-0.2, -0.15) is 0 Å². The highest BCUT2D eigenvalue weighted by molar-refractivity contribution is 7.03. The van der Waals surface area contributed by atoms with Gasteiger partial charge in [-0.1, -0.05) is 84.5 Å². The highest BCUT2D eigenvalue weighted by Crippen LogP contribution is 2.51. The van der Waals surface area contributed by atoms with E-state index in [-0.39, 0.29) is 5.92 Å². The van der Waals surface area contributed by atoms with Crippen molar-refractivity contribution < 1.29 is 23.8 Å². The minimum atomic E-state index is -2.52. The summed E-state index contributed by atoms with van der Waals surface area (Å²) in [7, 11) is -1.18. The van der Waals surface area contributed by atoms with E-state index in [1.807, 2.05) is 12.1 Å². The van der Waals surface area contributed by atoms with Crippen LogP contribution >= 0.6 is 0 Å². The van der Waals surface area contributed by atoms with Crippen molar-refractivity contribution in [1.29, 1.82) is 0 Å². The number of fused-ring (bicyclic) bond motifs is 2. The molecule has 2 bridgehead atoms. The first-order valence-corrected chi connectivity index (χ1v) is 13.1. The van der Waals surface area contributed by atoms with Gasteiger partial charge in [0.05, 0.1) is 18.4 Å². The van der Waals surface area contributed by atoms with E-state index in [1.54, 1.807) is 0 Å². The van der Waals surface area contributed by atoms with Gasteiger partial charge in [0.2, 0.25) is 0 Å². The molecule has 2 heterocycles. The number of hydrogen-bond acceptors (Lipinski definition) is 5. The predicted molar refractivity (Wildman–Crippen MR) is 121 cm³/mol. The van der Waals surface area contributed by atoms with E-state index in [2.05, 4.69) is 62.0 Å². The standard InChI is InChI=1S/C25H28O5Si/c1-17-15-25(16-21(29-18(2)26)22(23(17)30-25)24(27)28-3)31(4,19-11-7-5-8-12-19)20-13-9-6-10-14-20/h5-14,17,23H,15-16H2,1-4H3/t17-,23-,25-/m0/s1. The molecule has 162 valence electrons. The lowest BCUT2D eigenvalue weighted by Crippen LogP contribution is -2.72. The molecule has 0 aliphatic carbocycles. The first kappa shape index (κ1) is 21.5. The van der Waals surface area contributed by atoms with Gasteiger partial charge in [0, 0.05) is 13.3 Å². The van der Waals surface area contributed by atoms with E-state index in [1.165, 1.54) is 24.4 Å². The number of benzene rings is 2. The third kappa shape index (κ3) is 3.44. The summed E-state index contributed by atoms with van der Waals surface area (Å²) in [6.07, 6.45) is 0.676. The van der Waals surface area contributed by atoms with Crippen molar-refractivity contribution in [2.24, 2.45) is 5.92 Å². The van der Waals surface area contributed by atoms with Gasteiger partial charge in [-0.15, -0.1) is 0 Å². The lowest BCUT2D eigenvalue weighted by molar-refractivity contribution is -0.142. The van der Waals surface area contributed by atoms with Gasteiger partial charge in [0.15, 0.2) is 0 Å². The Balaban J connectivity index is 1.94. The molecule has 0 radical (unpaired) electrons. The number of carbonyl (C=O) groups is 2. The zero-order chi connectivity index (χ0) is 22.2. The van der Waals surface area contributed by atoms with Crippen LogP contribution in [-0.4, -0.2) is 38.5 Å². The summed E-state index contributed by atoms with van der Waals surface area (Å²) in [5.41, 5.74) is 0.343. The van der Waals surface area contributed by atoms with Crippen molar-refractivity contribution in [3.05, 3.63) is 72.0 Å². The van der Waals surface area contributed by atoms with E-state index in [4.69, 9.17) is 14.2 Å². The van der Waals surface area contributed by atoms with E-state index >= 15 is 0 Å². The Bertz CT molecular complexity index is 977. The van der Waals surface area contributed by atoms with Gasteiger partial charge in [-0.05, 0) is 12.3 Å². The van der Waals surface area contributed by atoms with Gasteiger partial charge in [0.25, 0.3) is 0 Å². The lowest BCUT2D eigenvalue weighted by Gasteiger charge is -2.47. The summed E-state index contributed by atoms with van der Waals surface area (Å²) >= 11 is 0. The van der Waals surface area contributed by atoms with E-state index in [0.717, 1.165) is 6.42 Å². The second-order valence-corrected chi connectivity index (χ2v) is 13.0. The molecule has 31 heavy (non-hydrogen) atoms. The first-order chi connectivity index (χ1) is 14.8. The molecule has 0 amide bonds. The molecule has 6 heteroatoms. The molecule has 2 aliphatic heterocycles. The van der Waals surface area contributed by atoms with Crippen LogP contribution in [0.25, 0.3) is 0 Å². The van der Waals surface area contributed by atoms with E-state index in [0.29, 0.717) is 17.8 Å². The summed E-state index contributed by atoms with van der Waals surface area (Å²) in [4.78, 5) is 24.6. The molecule has 0 saturated carbocycles. The molecule has 0 unspecified atom stereocenters. The van der Waals surface area contributed by atoms with Crippen LogP contribution in [0.1, 0.15) is 26.7 Å². The molecule has 0 spiro atoms. The summed E-state index contributed by atoms with van der Waals surface area (Å²) in [5, 5.41) is 1.94. The normalized spacial score (nSPS) is 25.3. The van der Waals surface area contributed by atoms with Crippen molar-refractivity contribution in [3.63, 3.8) is 0 Å². The van der Waals surface area contributed by atoms with Crippen LogP contribution in [-0.2, 0) is 23.8 Å². The minimum Gasteiger partial charge on any atom is -0.465 e. The SMILES string of the molecule is COC(=O)C1=C(OC(C)=O)C[C@@]2([Si](C)(c3ccccc3)c3ccccc3)C[C@H](C)[C@@H]1O2. The molecule has 0 N–H and O–H groups in total. The Morgan fingerprint density at radius 1 is 1.03 bits per heavy atom. The predicted octanol–water partition coefficient (Wildman–Crippen LogP) is 2.98. The van der Waals surface area contributed by atoms with Crippen LogP contribution in [0.2, 0.25) is 6.55 Å². The maximum Gasteiger partial charge on any atom is 0.339 e. The fourth-order valence-corrected chi connectivity index (χ4v) is 10.1. The number of rotatable bonds is 5. The highest BCUT2D eigenvalue weighted by atomic mass is 28.3. The maximum atomic E-state index is 12.6. The van der Waals surface area contributed by atoms with Gasteiger partial charge >= 0.3 is 11.9 Å². The lowest BCUT2D eigenvalue weighted by atomic mass is 9.98. The molecule has 3 atom stereocenters. The molecule has 2 aromatic carbocycles. The maximum absolute atomic E-state index is 12.6. The number of hydrogen-bond donors (Lipinski definition) is 0. The quantitative estimate of drug-likeness (QED) is 0.533. The average Bonchev–Trinajstić information content (AvgIpc) is 3.05. The van der Waals surface area contributed by atoms with Crippen LogP contribution < -0.4 is 10.4 Å². The largest absolute Gasteiger partial charge is 0.465 e. The van der Waals surface area contributed by atoms with Crippen LogP contribution in [0.4, 0.5) is 0 Å². The third-order valence-corrected chi connectivity index (χ3v) is 12.1. The topological polar surface area (TPSA) is 61.8 Å². The molecular formula is C25H28O5Si. The van der Waals surface area contributed by atoms with Crippen molar-refractivity contribution in [3.8, 4) is 0 Å². The zero-order valence-corrected chi connectivity index (χ0v) is 19.4. The molecule has 1 fully saturated rings. The van der Waals surface area contributed by atoms with Crippen LogP contribution in [0, 0.1) is 5.92 Å². The number of methoxy groups -OCH3 is 1. The Kier molecular flexibility index (Phi) is 5.62.